The molecule has 1 atom stereocenters. The lowest BCUT2D eigenvalue weighted by atomic mass is 10.2. The Kier molecular flexibility index (Phi) is 5.73. The largest absolute Gasteiger partial charge is 0.497 e. The molecule has 0 spiro atoms. The quantitative estimate of drug-likeness (QED) is 0.584. The predicted octanol–water partition coefficient (Wildman–Crippen LogP) is 3.39. The van der Waals surface area contributed by atoms with Gasteiger partial charge in [0.2, 0.25) is 0 Å². The average Bonchev–Trinajstić information content (AvgIpc) is 2.25. The van der Waals surface area contributed by atoms with Gasteiger partial charge in [-0.1, -0.05) is 35.0 Å². The van der Waals surface area contributed by atoms with Gasteiger partial charge >= 0.3 is 0 Å². The van der Waals surface area contributed by atoms with Gasteiger partial charge in [0.25, 0.3) is 0 Å². The maximum absolute atomic E-state index is 5.53. The minimum atomic E-state index is 0.522. The molecule has 15 heavy (non-hydrogen) atoms. The number of hydrogen-bond donors (Lipinski definition) is 0. The van der Waals surface area contributed by atoms with Crippen molar-refractivity contribution < 1.29 is 9.47 Å². The van der Waals surface area contributed by atoms with Gasteiger partial charge in [-0.05, 0) is 24.1 Å². The highest BCUT2D eigenvalue weighted by Crippen LogP contribution is 2.12. The Morgan fingerprint density at radius 3 is 2.47 bits per heavy atom. The molecule has 0 saturated heterocycles. The van der Waals surface area contributed by atoms with Gasteiger partial charge in [-0.2, -0.15) is 0 Å². The Bertz CT molecular complexity index is 269. The standard InChI is InChI=1S/C12H17BrO2/c1-10(13)7-8-15-9-11-3-5-12(14-2)6-4-11/h3-6,10H,7-9H2,1-2H3. The molecule has 0 aliphatic heterocycles. The van der Waals surface area contributed by atoms with Gasteiger partial charge in [0.15, 0.2) is 0 Å². The molecule has 0 radical (unpaired) electrons. The van der Waals surface area contributed by atoms with E-state index in [9.17, 15) is 0 Å². The lowest BCUT2D eigenvalue weighted by Crippen LogP contribution is -2.00. The second kappa shape index (κ2) is 6.85. The maximum Gasteiger partial charge on any atom is 0.118 e. The normalized spacial score (nSPS) is 12.5. The van der Waals surface area contributed by atoms with Gasteiger partial charge in [0.1, 0.15) is 5.75 Å². The second-order valence-electron chi connectivity index (χ2n) is 3.47. The zero-order valence-electron chi connectivity index (χ0n) is 9.20. The van der Waals surface area contributed by atoms with E-state index in [-0.39, 0.29) is 0 Å². The summed E-state index contributed by atoms with van der Waals surface area (Å²) in [6.45, 7) is 3.58. The van der Waals surface area contributed by atoms with Crippen LogP contribution in [0.3, 0.4) is 0 Å². The molecule has 0 aromatic heterocycles. The van der Waals surface area contributed by atoms with Gasteiger partial charge in [-0.15, -0.1) is 0 Å². The first-order chi connectivity index (χ1) is 7.22. The second-order valence-corrected chi connectivity index (χ2v) is 5.03. The molecule has 84 valence electrons. The Labute approximate surface area is 99.7 Å². The van der Waals surface area contributed by atoms with Crippen LogP contribution in [-0.2, 0) is 11.3 Å². The van der Waals surface area contributed by atoms with Crippen LogP contribution in [0, 0.1) is 0 Å². The highest BCUT2D eigenvalue weighted by Gasteiger charge is 1.97. The van der Waals surface area contributed by atoms with Gasteiger partial charge in [0.05, 0.1) is 13.7 Å². The predicted molar refractivity (Wildman–Crippen MR) is 65.7 cm³/mol. The molecule has 3 heteroatoms. The zero-order chi connectivity index (χ0) is 11.1. The molecule has 0 aliphatic carbocycles. The number of hydrogen-bond acceptors (Lipinski definition) is 2. The fourth-order valence-electron chi connectivity index (χ4n) is 1.16. The fourth-order valence-corrected chi connectivity index (χ4v) is 1.34. The fraction of sp³-hybridized carbons (Fsp3) is 0.500. The van der Waals surface area contributed by atoms with Crippen molar-refractivity contribution in [3.05, 3.63) is 29.8 Å². The smallest absolute Gasteiger partial charge is 0.118 e. The van der Waals surface area contributed by atoms with E-state index in [1.54, 1.807) is 7.11 Å². The van der Waals surface area contributed by atoms with Crippen LogP contribution >= 0.6 is 15.9 Å². The number of benzene rings is 1. The molecule has 0 aliphatic rings. The van der Waals surface area contributed by atoms with Crippen LogP contribution < -0.4 is 4.74 Å². The summed E-state index contributed by atoms with van der Waals surface area (Å²) in [6.07, 6.45) is 1.04. The van der Waals surface area contributed by atoms with Crippen molar-refractivity contribution in [1.29, 1.82) is 0 Å². The van der Waals surface area contributed by atoms with E-state index < -0.39 is 0 Å². The minimum absolute atomic E-state index is 0.522. The molecular formula is C12H17BrO2. The molecule has 0 N–H and O–H groups in total. The van der Waals surface area contributed by atoms with E-state index in [0.717, 1.165) is 18.8 Å². The first kappa shape index (κ1) is 12.5. The number of halogens is 1. The molecule has 2 nitrogen and oxygen atoms in total. The van der Waals surface area contributed by atoms with E-state index in [0.29, 0.717) is 11.4 Å². The molecule has 1 rings (SSSR count). The Morgan fingerprint density at radius 1 is 1.27 bits per heavy atom. The van der Waals surface area contributed by atoms with Crippen LogP contribution in [0.4, 0.5) is 0 Å². The zero-order valence-corrected chi connectivity index (χ0v) is 10.8. The van der Waals surface area contributed by atoms with Crippen LogP contribution in [0.5, 0.6) is 5.75 Å². The van der Waals surface area contributed by atoms with Crippen LogP contribution in [0.1, 0.15) is 18.9 Å². The van der Waals surface area contributed by atoms with Crippen molar-refractivity contribution >= 4 is 15.9 Å². The highest BCUT2D eigenvalue weighted by molar-refractivity contribution is 9.09. The van der Waals surface area contributed by atoms with Crippen LogP contribution in [0.2, 0.25) is 0 Å². The van der Waals surface area contributed by atoms with Crippen LogP contribution in [0.25, 0.3) is 0 Å². The summed E-state index contributed by atoms with van der Waals surface area (Å²) >= 11 is 3.48. The van der Waals surface area contributed by atoms with Crippen LogP contribution in [-0.4, -0.2) is 18.5 Å². The molecule has 0 amide bonds. The summed E-state index contributed by atoms with van der Waals surface area (Å²) in [5.41, 5.74) is 1.18. The lowest BCUT2D eigenvalue weighted by Gasteiger charge is -2.06. The summed E-state index contributed by atoms with van der Waals surface area (Å²) in [4.78, 5) is 0.522. The van der Waals surface area contributed by atoms with Gasteiger partial charge in [-0.3, -0.25) is 0 Å². The van der Waals surface area contributed by atoms with E-state index in [1.807, 2.05) is 24.3 Å². The van der Waals surface area contributed by atoms with Crippen molar-refractivity contribution in [2.24, 2.45) is 0 Å². The maximum atomic E-state index is 5.53. The SMILES string of the molecule is COc1ccc(COCCC(C)Br)cc1. The van der Waals surface area contributed by atoms with Gasteiger partial charge < -0.3 is 9.47 Å². The summed E-state index contributed by atoms with van der Waals surface area (Å²) in [7, 11) is 1.67. The minimum Gasteiger partial charge on any atom is -0.497 e. The number of rotatable bonds is 6. The summed E-state index contributed by atoms with van der Waals surface area (Å²) in [5.74, 6) is 0.882. The molecule has 0 fully saturated rings. The average molecular weight is 273 g/mol. The van der Waals surface area contributed by atoms with E-state index >= 15 is 0 Å². The lowest BCUT2D eigenvalue weighted by molar-refractivity contribution is 0.119. The van der Waals surface area contributed by atoms with Gasteiger partial charge in [0, 0.05) is 11.4 Å². The third-order valence-corrected chi connectivity index (χ3v) is 2.55. The molecule has 1 unspecified atom stereocenters. The Balaban J connectivity index is 2.25. The first-order valence-electron chi connectivity index (χ1n) is 5.07. The van der Waals surface area contributed by atoms with E-state index in [4.69, 9.17) is 9.47 Å². The number of methoxy groups -OCH3 is 1. The molecule has 0 bridgehead atoms. The van der Waals surface area contributed by atoms with Crippen molar-refractivity contribution in [2.45, 2.75) is 24.8 Å². The molecule has 0 saturated carbocycles. The summed E-state index contributed by atoms with van der Waals surface area (Å²) in [5, 5.41) is 0. The summed E-state index contributed by atoms with van der Waals surface area (Å²) < 4.78 is 10.6. The number of alkyl halides is 1. The third-order valence-electron chi connectivity index (χ3n) is 2.09. The third kappa shape index (κ3) is 5.19. The summed E-state index contributed by atoms with van der Waals surface area (Å²) in [6, 6.07) is 7.95. The highest BCUT2D eigenvalue weighted by atomic mass is 79.9. The Morgan fingerprint density at radius 2 is 1.93 bits per heavy atom. The van der Waals surface area contributed by atoms with E-state index in [1.165, 1.54) is 5.56 Å². The molecule has 1 aromatic rings. The topological polar surface area (TPSA) is 18.5 Å². The van der Waals surface area contributed by atoms with Crippen LogP contribution in [0.15, 0.2) is 24.3 Å². The Hall–Kier alpha value is -0.540. The van der Waals surface area contributed by atoms with E-state index in [2.05, 4.69) is 22.9 Å². The monoisotopic (exact) mass is 272 g/mol. The first-order valence-corrected chi connectivity index (χ1v) is 5.98. The van der Waals surface area contributed by atoms with Crippen molar-refractivity contribution in [3.8, 4) is 5.75 Å². The van der Waals surface area contributed by atoms with Crippen molar-refractivity contribution in [3.63, 3.8) is 0 Å². The molecule has 1 aromatic carbocycles. The van der Waals surface area contributed by atoms with Crippen molar-refractivity contribution in [1.82, 2.24) is 0 Å². The van der Waals surface area contributed by atoms with Crippen molar-refractivity contribution in [2.75, 3.05) is 13.7 Å². The molecule has 0 heterocycles. The van der Waals surface area contributed by atoms with Gasteiger partial charge in [-0.25, -0.2) is 0 Å². The molecular weight excluding hydrogens is 256 g/mol. The number of ether oxygens (including phenoxy) is 2.